The molecule has 0 saturated heterocycles. The lowest BCUT2D eigenvalue weighted by molar-refractivity contribution is 0.311. The van der Waals surface area contributed by atoms with Crippen molar-refractivity contribution in [1.29, 1.82) is 0 Å². The average Bonchev–Trinajstić information content (AvgIpc) is 2.18. The Balaban J connectivity index is 3.04. The number of rotatable bonds is 4. The van der Waals surface area contributed by atoms with Crippen molar-refractivity contribution in [3.63, 3.8) is 0 Å². The number of hydrogen-bond donors (Lipinski definition) is 0. The molecule has 0 saturated carbocycles. The molecule has 15 heavy (non-hydrogen) atoms. The van der Waals surface area contributed by atoms with Gasteiger partial charge in [0.1, 0.15) is 0 Å². The third kappa shape index (κ3) is 3.31. The first-order chi connectivity index (χ1) is 7.17. The molecule has 0 aliphatic heterocycles. The lowest BCUT2D eigenvalue weighted by Gasteiger charge is -2.09. The van der Waals surface area contributed by atoms with Crippen LogP contribution in [0.2, 0.25) is 0 Å². The van der Waals surface area contributed by atoms with E-state index in [1.54, 1.807) is 7.11 Å². The summed E-state index contributed by atoms with van der Waals surface area (Å²) >= 11 is 0. The fraction of sp³-hybridized carbons (Fsp3) is 0.385. The van der Waals surface area contributed by atoms with E-state index >= 15 is 0 Å². The van der Waals surface area contributed by atoms with Gasteiger partial charge in [0.2, 0.25) is 0 Å². The fourth-order valence-electron chi connectivity index (χ4n) is 1.38. The highest BCUT2D eigenvalue weighted by molar-refractivity contribution is 5.57. The van der Waals surface area contributed by atoms with Crippen LogP contribution in [-0.2, 0) is 0 Å². The van der Waals surface area contributed by atoms with Gasteiger partial charge in [-0.15, -0.1) is 0 Å². The quantitative estimate of drug-likeness (QED) is 0.750. The Hall–Kier alpha value is -1.44. The highest BCUT2D eigenvalue weighted by Gasteiger charge is 2.03. The van der Waals surface area contributed by atoms with Gasteiger partial charge in [-0.25, -0.2) is 0 Å². The van der Waals surface area contributed by atoms with Crippen molar-refractivity contribution in [2.75, 3.05) is 13.7 Å². The maximum Gasteiger partial charge on any atom is 0.161 e. The largest absolute Gasteiger partial charge is 0.493 e. The molecule has 0 aliphatic rings. The molecule has 0 unspecified atom stereocenters. The molecule has 2 heteroatoms. The SMILES string of the molecule is CCOc1cc(C=C(C)C)ccc1OC. The summed E-state index contributed by atoms with van der Waals surface area (Å²) in [4.78, 5) is 0. The molecule has 0 fully saturated rings. The first-order valence-electron chi connectivity index (χ1n) is 5.13. The third-order valence-electron chi connectivity index (χ3n) is 1.94. The van der Waals surface area contributed by atoms with Crippen molar-refractivity contribution >= 4 is 6.08 Å². The van der Waals surface area contributed by atoms with Gasteiger partial charge >= 0.3 is 0 Å². The Morgan fingerprint density at radius 1 is 1.27 bits per heavy atom. The standard InChI is InChI=1S/C13H18O2/c1-5-15-13-9-11(8-10(2)3)6-7-12(13)14-4/h6-9H,5H2,1-4H3. The van der Waals surface area contributed by atoms with Gasteiger partial charge in [-0.1, -0.05) is 17.7 Å². The van der Waals surface area contributed by atoms with Gasteiger partial charge in [-0.05, 0) is 38.5 Å². The van der Waals surface area contributed by atoms with Crippen LogP contribution in [0.3, 0.4) is 0 Å². The molecule has 0 amide bonds. The summed E-state index contributed by atoms with van der Waals surface area (Å²) in [5.41, 5.74) is 2.40. The summed E-state index contributed by atoms with van der Waals surface area (Å²) in [5.74, 6) is 1.58. The second-order valence-electron chi connectivity index (χ2n) is 3.56. The van der Waals surface area contributed by atoms with Crippen LogP contribution in [0.15, 0.2) is 23.8 Å². The number of methoxy groups -OCH3 is 1. The predicted molar refractivity (Wildman–Crippen MR) is 63.5 cm³/mol. The van der Waals surface area contributed by atoms with Crippen LogP contribution < -0.4 is 9.47 Å². The molecule has 1 aromatic rings. The Morgan fingerprint density at radius 3 is 2.53 bits per heavy atom. The van der Waals surface area contributed by atoms with Crippen LogP contribution in [0.1, 0.15) is 26.3 Å². The maximum atomic E-state index is 5.50. The van der Waals surface area contributed by atoms with Gasteiger partial charge in [0.15, 0.2) is 11.5 Å². The van der Waals surface area contributed by atoms with Crippen molar-refractivity contribution < 1.29 is 9.47 Å². The number of allylic oxidation sites excluding steroid dienone is 1. The van der Waals surface area contributed by atoms with Gasteiger partial charge < -0.3 is 9.47 Å². The van der Waals surface area contributed by atoms with E-state index in [0.717, 1.165) is 17.1 Å². The lowest BCUT2D eigenvalue weighted by atomic mass is 10.1. The van der Waals surface area contributed by atoms with E-state index in [-0.39, 0.29) is 0 Å². The summed E-state index contributed by atoms with van der Waals surface area (Å²) in [6.45, 7) is 6.76. The third-order valence-corrected chi connectivity index (χ3v) is 1.94. The number of ether oxygens (including phenoxy) is 2. The normalized spacial score (nSPS) is 9.60. The molecule has 0 heterocycles. The Labute approximate surface area is 91.5 Å². The second kappa shape index (κ2) is 5.44. The highest BCUT2D eigenvalue weighted by Crippen LogP contribution is 2.28. The van der Waals surface area contributed by atoms with E-state index in [1.807, 2.05) is 25.1 Å². The molecular weight excluding hydrogens is 188 g/mol. The molecular formula is C13H18O2. The predicted octanol–water partition coefficient (Wildman–Crippen LogP) is 3.52. The summed E-state index contributed by atoms with van der Waals surface area (Å²) in [5, 5.41) is 0. The molecule has 0 aromatic heterocycles. The van der Waals surface area contributed by atoms with Gasteiger partial charge in [0.25, 0.3) is 0 Å². The smallest absolute Gasteiger partial charge is 0.161 e. The first kappa shape index (κ1) is 11.6. The molecule has 2 nitrogen and oxygen atoms in total. The minimum absolute atomic E-state index is 0.647. The number of benzene rings is 1. The highest BCUT2D eigenvalue weighted by atomic mass is 16.5. The van der Waals surface area contributed by atoms with Gasteiger partial charge in [-0.3, -0.25) is 0 Å². The van der Waals surface area contributed by atoms with Crippen LogP contribution in [0, 0.1) is 0 Å². The average molecular weight is 206 g/mol. The summed E-state index contributed by atoms with van der Waals surface area (Å²) in [7, 11) is 1.65. The topological polar surface area (TPSA) is 18.5 Å². The van der Waals surface area contributed by atoms with E-state index < -0.39 is 0 Å². The van der Waals surface area contributed by atoms with Crippen LogP contribution in [0.25, 0.3) is 6.08 Å². The molecule has 1 aromatic carbocycles. The molecule has 0 atom stereocenters. The van der Waals surface area contributed by atoms with Crippen molar-refractivity contribution in [2.24, 2.45) is 0 Å². The molecule has 0 radical (unpaired) electrons. The zero-order chi connectivity index (χ0) is 11.3. The van der Waals surface area contributed by atoms with E-state index in [2.05, 4.69) is 19.9 Å². The minimum atomic E-state index is 0.647. The summed E-state index contributed by atoms with van der Waals surface area (Å²) < 4.78 is 10.7. The van der Waals surface area contributed by atoms with Crippen LogP contribution in [0.4, 0.5) is 0 Å². The van der Waals surface area contributed by atoms with Gasteiger partial charge in [0, 0.05) is 0 Å². The zero-order valence-electron chi connectivity index (χ0n) is 9.83. The van der Waals surface area contributed by atoms with E-state index in [9.17, 15) is 0 Å². The monoisotopic (exact) mass is 206 g/mol. The number of hydrogen-bond acceptors (Lipinski definition) is 2. The van der Waals surface area contributed by atoms with Crippen molar-refractivity contribution in [3.05, 3.63) is 29.3 Å². The lowest BCUT2D eigenvalue weighted by Crippen LogP contribution is -1.95. The Kier molecular flexibility index (Phi) is 4.22. The molecule has 1 rings (SSSR count). The second-order valence-corrected chi connectivity index (χ2v) is 3.56. The molecule has 82 valence electrons. The van der Waals surface area contributed by atoms with Crippen LogP contribution >= 0.6 is 0 Å². The first-order valence-corrected chi connectivity index (χ1v) is 5.13. The zero-order valence-corrected chi connectivity index (χ0v) is 9.83. The Bertz CT molecular complexity index is 350. The van der Waals surface area contributed by atoms with E-state index in [4.69, 9.17) is 9.47 Å². The summed E-state index contributed by atoms with van der Waals surface area (Å²) in [6, 6.07) is 5.95. The van der Waals surface area contributed by atoms with Crippen molar-refractivity contribution in [2.45, 2.75) is 20.8 Å². The molecule has 0 spiro atoms. The van der Waals surface area contributed by atoms with E-state index in [1.165, 1.54) is 5.57 Å². The fourth-order valence-corrected chi connectivity index (χ4v) is 1.38. The van der Waals surface area contributed by atoms with Gasteiger partial charge in [-0.2, -0.15) is 0 Å². The summed E-state index contributed by atoms with van der Waals surface area (Å²) in [6.07, 6.45) is 2.11. The molecule has 0 aliphatic carbocycles. The van der Waals surface area contributed by atoms with Gasteiger partial charge in [0.05, 0.1) is 13.7 Å². The van der Waals surface area contributed by atoms with Crippen molar-refractivity contribution in [1.82, 2.24) is 0 Å². The Morgan fingerprint density at radius 2 is 2.00 bits per heavy atom. The van der Waals surface area contributed by atoms with Crippen LogP contribution in [0.5, 0.6) is 11.5 Å². The van der Waals surface area contributed by atoms with E-state index in [0.29, 0.717) is 6.61 Å². The molecule has 0 N–H and O–H groups in total. The van der Waals surface area contributed by atoms with Crippen LogP contribution in [-0.4, -0.2) is 13.7 Å². The molecule has 0 bridgehead atoms. The minimum Gasteiger partial charge on any atom is -0.493 e. The maximum absolute atomic E-state index is 5.50. The van der Waals surface area contributed by atoms with Crippen molar-refractivity contribution in [3.8, 4) is 11.5 Å².